The van der Waals surface area contributed by atoms with Crippen LogP contribution in [0, 0.1) is 5.82 Å². The minimum atomic E-state index is -0.694. The Morgan fingerprint density at radius 2 is 1.68 bits per heavy atom. The lowest BCUT2D eigenvalue weighted by molar-refractivity contribution is 0.1000. The van der Waals surface area contributed by atoms with E-state index in [2.05, 4.69) is 0 Å². The molecule has 1 amide bonds. The zero-order valence-electron chi connectivity index (χ0n) is 9.89. The third-order valence-electron chi connectivity index (χ3n) is 2.73. The SMILES string of the molecule is NC(=O)c1ccc(F)c(-c2ccccc2)c1C(N)=S. The Bertz CT molecular complexity index is 656. The molecule has 3 nitrogen and oxygen atoms in total. The van der Waals surface area contributed by atoms with Crippen LogP contribution in [0.1, 0.15) is 15.9 Å². The van der Waals surface area contributed by atoms with Gasteiger partial charge < -0.3 is 11.5 Å². The zero-order valence-corrected chi connectivity index (χ0v) is 10.7. The standard InChI is InChI=1S/C14H11FN2OS/c15-10-7-6-9(13(16)18)12(14(17)19)11(10)8-4-2-1-3-5-8/h1-7H,(H2,16,18)(H2,17,19). The molecule has 2 aromatic rings. The first-order chi connectivity index (χ1) is 9.02. The lowest BCUT2D eigenvalue weighted by Crippen LogP contribution is -2.21. The summed E-state index contributed by atoms with van der Waals surface area (Å²) in [6, 6.07) is 11.2. The number of amides is 1. The van der Waals surface area contributed by atoms with Crippen LogP contribution in [0.3, 0.4) is 0 Å². The Labute approximate surface area is 115 Å². The van der Waals surface area contributed by atoms with Crippen molar-refractivity contribution in [2.45, 2.75) is 0 Å². The van der Waals surface area contributed by atoms with Gasteiger partial charge in [-0.25, -0.2) is 4.39 Å². The highest BCUT2D eigenvalue weighted by atomic mass is 32.1. The summed E-state index contributed by atoms with van der Waals surface area (Å²) in [7, 11) is 0. The van der Waals surface area contributed by atoms with Gasteiger partial charge in [-0.3, -0.25) is 4.79 Å². The second kappa shape index (κ2) is 5.16. The first kappa shape index (κ1) is 13.2. The Balaban J connectivity index is 2.82. The number of halogens is 1. The fraction of sp³-hybridized carbons (Fsp3) is 0. The quantitative estimate of drug-likeness (QED) is 0.843. The van der Waals surface area contributed by atoms with Gasteiger partial charge in [0.1, 0.15) is 10.8 Å². The molecule has 0 aromatic heterocycles. The number of benzene rings is 2. The molecular weight excluding hydrogens is 263 g/mol. The van der Waals surface area contributed by atoms with Gasteiger partial charge in [0, 0.05) is 11.1 Å². The topological polar surface area (TPSA) is 69.1 Å². The van der Waals surface area contributed by atoms with Crippen LogP contribution in [0.2, 0.25) is 0 Å². The third-order valence-corrected chi connectivity index (χ3v) is 2.93. The Kier molecular flexibility index (Phi) is 3.57. The van der Waals surface area contributed by atoms with Crippen LogP contribution in [0.4, 0.5) is 4.39 Å². The van der Waals surface area contributed by atoms with Crippen molar-refractivity contribution in [3.63, 3.8) is 0 Å². The molecule has 2 aromatic carbocycles. The monoisotopic (exact) mass is 274 g/mol. The van der Waals surface area contributed by atoms with Crippen molar-refractivity contribution in [1.29, 1.82) is 0 Å². The number of primary amides is 1. The second-order valence-corrected chi connectivity index (χ2v) is 4.38. The van der Waals surface area contributed by atoms with E-state index in [1.54, 1.807) is 30.3 Å². The maximum atomic E-state index is 14.1. The molecule has 0 atom stereocenters. The van der Waals surface area contributed by atoms with Crippen molar-refractivity contribution < 1.29 is 9.18 Å². The predicted molar refractivity (Wildman–Crippen MR) is 76.2 cm³/mol. The van der Waals surface area contributed by atoms with Crippen LogP contribution in [0.25, 0.3) is 11.1 Å². The summed E-state index contributed by atoms with van der Waals surface area (Å²) in [5.74, 6) is -1.20. The molecule has 4 N–H and O–H groups in total. The number of carbonyl (C=O) groups is 1. The molecule has 0 bridgehead atoms. The number of carbonyl (C=O) groups excluding carboxylic acids is 1. The van der Waals surface area contributed by atoms with Crippen molar-refractivity contribution in [3.8, 4) is 11.1 Å². The summed E-state index contributed by atoms with van der Waals surface area (Å²) in [6.45, 7) is 0. The van der Waals surface area contributed by atoms with E-state index in [9.17, 15) is 9.18 Å². The van der Waals surface area contributed by atoms with E-state index in [0.29, 0.717) is 5.56 Å². The van der Waals surface area contributed by atoms with Gasteiger partial charge in [0.15, 0.2) is 0 Å². The summed E-state index contributed by atoms with van der Waals surface area (Å²) in [6.07, 6.45) is 0. The summed E-state index contributed by atoms with van der Waals surface area (Å²) in [5, 5.41) is 0. The average Bonchev–Trinajstić information content (AvgIpc) is 2.38. The van der Waals surface area contributed by atoms with E-state index >= 15 is 0 Å². The van der Waals surface area contributed by atoms with Gasteiger partial charge in [0.05, 0.1) is 5.56 Å². The molecule has 0 spiro atoms. The van der Waals surface area contributed by atoms with E-state index in [1.165, 1.54) is 12.1 Å². The van der Waals surface area contributed by atoms with Crippen molar-refractivity contribution in [2.24, 2.45) is 11.5 Å². The molecule has 0 aliphatic rings. The first-order valence-corrected chi connectivity index (χ1v) is 5.90. The van der Waals surface area contributed by atoms with E-state index in [4.69, 9.17) is 23.7 Å². The molecule has 0 radical (unpaired) electrons. The molecular formula is C14H11FN2OS. The molecule has 0 fully saturated rings. The van der Waals surface area contributed by atoms with Gasteiger partial charge in [-0.05, 0) is 17.7 Å². The third kappa shape index (κ3) is 2.46. The normalized spacial score (nSPS) is 10.2. The van der Waals surface area contributed by atoms with E-state index < -0.39 is 11.7 Å². The highest BCUT2D eigenvalue weighted by Gasteiger charge is 2.19. The maximum absolute atomic E-state index is 14.1. The highest BCUT2D eigenvalue weighted by Crippen LogP contribution is 2.29. The molecule has 0 aliphatic heterocycles. The van der Waals surface area contributed by atoms with E-state index in [-0.39, 0.29) is 21.7 Å². The minimum Gasteiger partial charge on any atom is -0.389 e. The van der Waals surface area contributed by atoms with E-state index in [0.717, 1.165) is 0 Å². The Morgan fingerprint density at radius 1 is 1.05 bits per heavy atom. The van der Waals surface area contributed by atoms with Gasteiger partial charge >= 0.3 is 0 Å². The summed E-state index contributed by atoms with van der Waals surface area (Å²) < 4.78 is 14.1. The van der Waals surface area contributed by atoms with Crippen LogP contribution in [0.5, 0.6) is 0 Å². The molecule has 96 valence electrons. The van der Waals surface area contributed by atoms with Crippen LogP contribution < -0.4 is 11.5 Å². The van der Waals surface area contributed by atoms with Crippen LogP contribution in [0.15, 0.2) is 42.5 Å². The summed E-state index contributed by atoms with van der Waals surface area (Å²) in [5.41, 5.74) is 12.0. The number of thiocarbonyl (C=S) groups is 1. The number of hydrogen-bond acceptors (Lipinski definition) is 2. The van der Waals surface area contributed by atoms with Crippen molar-refractivity contribution in [3.05, 3.63) is 59.4 Å². The van der Waals surface area contributed by atoms with E-state index in [1.807, 2.05) is 0 Å². The van der Waals surface area contributed by atoms with Gasteiger partial charge in [0.25, 0.3) is 0 Å². The maximum Gasteiger partial charge on any atom is 0.249 e. The number of rotatable bonds is 3. The fourth-order valence-corrected chi connectivity index (χ4v) is 2.14. The molecule has 0 saturated heterocycles. The Morgan fingerprint density at radius 3 is 2.21 bits per heavy atom. The molecule has 0 aliphatic carbocycles. The average molecular weight is 274 g/mol. The van der Waals surface area contributed by atoms with Crippen molar-refractivity contribution in [2.75, 3.05) is 0 Å². The second-order valence-electron chi connectivity index (χ2n) is 3.94. The van der Waals surface area contributed by atoms with Gasteiger partial charge in [0.2, 0.25) is 5.91 Å². The number of hydrogen-bond donors (Lipinski definition) is 2. The molecule has 0 heterocycles. The lowest BCUT2D eigenvalue weighted by Gasteiger charge is -2.13. The van der Waals surface area contributed by atoms with Crippen LogP contribution >= 0.6 is 12.2 Å². The summed E-state index contributed by atoms with van der Waals surface area (Å²) in [4.78, 5) is 11.3. The Hall–Kier alpha value is -2.27. The van der Waals surface area contributed by atoms with Gasteiger partial charge in [-0.2, -0.15) is 0 Å². The van der Waals surface area contributed by atoms with Crippen molar-refractivity contribution >= 4 is 23.1 Å². The smallest absolute Gasteiger partial charge is 0.249 e. The van der Waals surface area contributed by atoms with Gasteiger partial charge in [-0.15, -0.1) is 0 Å². The molecule has 0 unspecified atom stereocenters. The molecule has 19 heavy (non-hydrogen) atoms. The molecule has 2 rings (SSSR count). The van der Waals surface area contributed by atoms with Crippen molar-refractivity contribution in [1.82, 2.24) is 0 Å². The molecule has 0 saturated carbocycles. The largest absolute Gasteiger partial charge is 0.389 e. The fourth-order valence-electron chi connectivity index (χ4n) is 1.93. The zero-order chi connectivity index (χ0) is 14.0. The van der Waals surface area contributed by atoms with Crippen LogP contribution in [-0.4, -0.2) is 10.9 Å². The van der Waals surface area contributed by atoms with Gasteiger partial charge in [-0.1, -0.05) is 42.5 Å². The highest BCUT2D eigenvalue weighted by molar-refractivity contribution is 7.80. The number of nitrogens with two attached hydrogens (primary N) is 2. The lowest BCUT2D eigenvalue weighted by atomic mass is 9.94. The minimum absolute atomic E-state index is 0.0628. The van der Waals surface area contributed by atoms with Crippen LogP contribution in [-0.2, 0) is 0 Å². The first-order valence-electron chi connectivity index (χ1n) is 5.50. The predicted octanol–water partition coefficient (Wildman–Crippen LogP) is 2.23. The summed E-state index contributed by atoms with van der Waals surface area (Å²) >= 11 is 4.92. The molecule has 5 heteroatoms.